The summed E-state index contributed by atoms with van der Waals surface area (Å²) in [6.07, 6.45) is 1.14. The summed E-state index contributed by atoms with van der Waals surface area (Å²) in [7, 11) is 0. The van der Waals surface area contributed by atoms with E-state index in [0.717, 1.165) is 6.42 Å². The van der Waals surface area contributed by atoms with Crippen LogP contribution in [0.5, 0.6) is 0 Å². The first-order valence-electron chi connectivity index (χ1n) is 2.97. The summed E-state index contributed by atoms with van der Waals surface area (Å²) in [6, 6.07) is 10.5. The monoisotopic (exact) mass is 136 g/mol. The molecule has 0 nitrogen and oxygen atoms in total. The Labute approximate surface area is 67.0 Å². The molecule has 48 valence electrons. The van der Waals surface area contributed by atoms with Crippen molar-refractivity contribution >= 4 is 17.4 Å². The first-order valence-corrected chi connectivity index (χ1v) is 2.97. The molecule has 1 aromatic rings. The van der Waals surface area contributed by atoms with Gasteiger partial charge in [0, 0.05) is 0 Å². The molecule has 0 amide bonds. The number of aryl methyl sites for hydroxylation is 1. The van der Waals surface area contributed by atoms with Crippen molar-refractivity contribution < 1.29 is 0 Å². The van der Waals surface area contributed by atoms with Gasteiger partial charge in [-0.05, 0) is 12.0 Å². The lowest BCUT2D eigenvalue weighted by molar-refractivity contribution is 1.14. The Morgan fingerprint density at radius 3 is 2.00 bits per heavy atom. The van der Waals surface area contributed by atoms with Crippen molar-refractivity contribution in [3.8, 4) is 0 Å². The van der Waals surface area contributed by atoms with Crippen LogP contribution in [0.3, 0.4) is 0 Å². The highest BCUT2D eigenvalue weighted by atomic mass is 27.0. The van der Waals surface area contributed by atoms with Crippen LogP contribution in [0.4, 0.5) is 0 Å². The summed E-state index contributed by atoms with van der Waals surface area (Å²) in [4.78, 5) is 0. The van der Waals surface area contributed by atoms with Gasteiger partial charge in [-0.1, -0.05) is 37.3 Å². The second-order valence-electron chi connectivity index (χ2n) is 1.84. The number of benzene rings is 1. The molecule has 0 N–H and O–H groups in total. The highest BCUT2D eigenvalue weighted by molar-refractivity contribution is 5.75. The number of rotatable bonds is 1. The van der Waals surface area contributed by atoms with Crippen molar-refractivity contribution in [3.63, 3.8) is 0 Å². The second-order valence-corrected chi connectivity index (χ2v) is 1.84. The Kier molecular flexibility index (Phi) is 4.49. The fraction of sp³-hybridized carbons (Fsp3) is 0.250. The molecule has 1 rings (SSSR count). The van der Waals surface area contributed by atoms with Crippen LogP contribution in [0.2, 0.25) is 0 Å². The van der Waals surface area contributed by atoms with Crippen molar-refractivity contribution in [1.29, 1.82) is 0 Å². The molecule has 0 aliphatic rings. The van der Waals surface area contributed by atoms with Crippen LogP contribution in [0.15, 0.2) is 30.3 Å². The average molecular weight is 136 g/mol. The predicted molar refractivity (Wildman–Crippen MR) is 45.8 cm³/mol. The molecular weight excluding hydrogens is 123 g/mol. The molecule has 0 saturated carbocycles. The fourth-order valence-corrected chi connectivity index (χ4v) is 0.714. The number of hydrogen-bond donors (Lipinski definition) is 0. The van der Waals surface area contributed by atoms with Gasteiger partial charge in [0.1, 0.15) is 0 Å². The van der Waals surface area contributed by atoms with Gasteiger partial charge in [-0.2, -0.15) is 0 Å². The average Bonchev–Trinajstić information content (AvgIpc) is 1.90. The van der Waals surface area contributed by atoms with Crippen molar-refractivity contribution in [3.05, 3.63) is 35.9 Å². The fourth-order valence-electron chi connectivity index (χ4n) is 0.714. The third-order valence-corrected chi connectivity index (χ3v) is 1.25. The van der Waals surface area contributed by atoms with E-state index in [2.05, 4.69) is 31.2 Å². The first-order chi connectivity index (χ1) is 3.93. The molecule has 0 unspecified atom stereocenters. The van der Waals surface area contributed by atoms with E-state index in [9.17, 15) is 0 Å². The molecule has 0 atom stereocenters. The van der Waals surface area contributed by atoms with Crippen LogP contribution in [-0.4, -0.2) is 17.4 Å². The summed E-state index contributed by atoms with van der Waals surface area (Å²) in [5.74, 6) is 0. The van der Waals surface area contributed by atoms with E-state index in [-0.39, 0.29) is 17.4 Å². The van der Waals surface area contributed by atoms with Crippen LogP contribution in [0.1, 0.15) is 12.5 Å². The van der Waals surface area contributed by atoms with E-state index in [0.29, 0.717) is 0 Å². The van der Waals surface area contributed by atoms with Crippen molar-refractivity contribution in [2.45, 2.75) is 13.3 Å². The summed E-state index contributed by atoms with van der Waals surface area (Å²) in [5, 5.41) is 0. The highest BCUT2D eigenvalue weighted by Crippen LogP contribution is 1.96. The van der Waals surface area contributed by atoms with Gasteiger partial charge >= 0.3 is 0 Å². The van der Waals surface area contributed by atoms with Gasteiger partial charge in [0.05, 0.1) is 0 Å². The zero-order valence-corrected chi connectivity index (χ0v) is 5.09. The minimum Gasteiger partial charge on any atom is -0.0622 e. The predicted octanol–water partition coefficient (Wildman–Crippen LogP) is 1.07. The Morgan fingerprint density at radius 1 is 1.11 bits per heavy atom. The van der Waals surface area contributed by atoms with Gasteiger partial charge in [-0.3, -0.25) is 0 Å². The lowest BCUT2D eigenvalue weighted by Crippen LogP contribution is -1.73. The zero-order chi connectivity index (χ0) is 5.82. The lowest BCUT2D eigenvalue weighted by atomic mass is 10.2. The van der Waals surface area contributed by atoms with Crippen LogP contribution in [-0.2, 0) is 6.42 Å². The Bertz CT molecular complexity index is 146. The molecule has 9 heavy (non-hydrogen) atoms. The van der Waals surface area contributed by atoms with Crippen LogP contribution in [0, 0.1) is 0 Å². The normalized spacial score (nSPS) is 8.11. The van der Waals surface area contributed by atoms with Gasteiger partial charge in [0.2, 0.25) is 0 Å². The standard InChI is InChI=1S/C8H10.Al.3H/c1-2-8-6-4-3-5-7-8;;;;/h3-7H,2H2,1H3;;;;. The van der Waals surface area contributed by atoms with Crippen molar-refractivity contribution in [2.75, 3.05) is 0 Å². The summed E-state index contributed by atoms with van der Waals surface area (Å²) in [6.45, 7) is 2.16. The van der Waals surface area contributed by atoms with E-state index < -0.39 is 0 Å². The van der Waals surface area contributed by atoms with Gasteiger partial charge in [0.15, 0.2) is 17.4 Å². The van der Waals surface area contributed by atoms with Crippen LogP contribution in [0.25, 0.3) is 0 Å². The third-order valence-electron chi connectivity index (χ3n) is 1.25. The molecule has 0 bridgehead atoms. The molecule has 0 aliphatic carbocycles. The highest BCUT2D eigenvalue weighted by Gasteiger charge is 1.79. The molecule has 1 aromatic carbocycles. The number of hydrogen-bond acceptors (Lipinski definition) is 0. The molecular formula is C8H13Al. The van der Waals surface area contributed by atoms with Gasteiger partial charge in [0.25, 0.3) is 0 Å². The largest absolute Gasteiger partial charge is 0.187 e. The van der Waals surface area contributed by atoms with Crippen molar-refractivity contribution in [2.24, 2.45) is 0 Å². The topological polar surface area (TPSA) is 0 Å². The Balaban J connectivity index is 0.000000640. The Hall–Kier alpha value is -0.248. The molecule has 0 saturated heterocycles. The van der Waals surface area contributed by atoms with Crippen molar-refractivity contribution in [1.82, 2.24) is 0 Å². The third kappa shape index (κ3) is 2.70. The lowest BCUT2D eigenvalue weighted by Gasteiger charge is -1.89. The molecule has 0 heterocycles. The first kappa shape index (κ1) is 8.75. The van der Waals surface area contributed by atoms with E-state index in [1.165, 1.54) is 5.56 Å². The maximum atomic E-state index is 2.16. The molecule has 0 aromatic heterocycles. The van der Waals surface area contributed by atoms with Crippen LogP contribution < -0.4 is 0 Å². The summed E-state index contributed by atoms with van der Waals surface area (Å²) in [5.41, 5.74) is 1.41. The minimum absolute atomic E-state index is 0. The van der Waals surface area contributed by atoms with Gasteiger partial charge in [-0.25, -0.2) is 0 Å². The Morgan fingerprint density at radius 2 is 1.67 bits per heavy atom. The smallest absolute Gasteiger partial charge is 0.0622 e. The molecule has 0 radical (unpaired) electrons. The maximum absolute atomic E-state index is 2.16. The zero-order valence-electron chi connectivity index (χ0n) is 5.09. The maximum Gasteiger partial charge on any atom is 0.187 e. The summed E-state index contributed by atoms with van der Waals surface area (Å²) >= 11 is 0. The molecule has 0 fully saturated rings. The molecule has 0 spiro atoms. The van der Waals surface area contributed by atoms with E-state index in [1.54, 1.807) is 0 Å². The van der Waals surface area contributed by atoms with E-state index in [4.69, 9.17) is 0 Å². The van der Waals surface area contributed by atoms with E-state index >= 15 is 0 Å². The molecule has 0 aliphatic heterocycles. The summed E-state index contributed by atoms with van der Waals surface area (Å²) < 4.78 is 0. The quantitative estimate of drug-likeness (QED) is 0.506. The second kappa shape index (κ2) is 4.61. The minimum atomic E-state index is 0. The SMILES string of the molecule is CCc1ccccc1.[AlH3]. The van der Waals surface area contributed by atoms with Gasteiger partial charge in [-0.15, -0.1) is 0 Å². The van der Waals surface area contributed by atoms with Crippen LogP contribution >= 0.6 is 0 Å². The van der Waals surface area contributed by atoms with Gasteiger partial charge < -0.3 is 0 Å². The van der Waals surface area contributed by atoms with E-state index in [1.807, 2.05) is 6.07 Å². The molecule has 1 heteroatoms.